The second-order valence-corrected chi connectivity index (χ2v) is 9.02. The van der Waals surface area contributed by atoms with Crippen molar-refractivity contribution < 1.29 is 14.3 Å². The standard InChI is InChI=1S/C18H18BrNO4S2/c1-9-11-5-6-12(21)13(16(11)24-17(23)14(9)19)15(22)10(2)26-18(25)20-7-3-4-8-20/h5-6,10,21H,3-4,7-8H2,1-2H3. The molecule has 1 aliphatic rings. The van der Waals surface area contributed by atoms with Crippen LogP contribution in [0, 0.1) is 6.92 Å². The minimum Gasteiger partial charge on any atom is -0.507 e. The number of nitrogens with zero attached hydrogens (tertiary/aromatic N) is 1. The van der Waals surface area contributed by atoms with Crippen molar-refractivity contribution in [2.45, 2.75) is 31.9 Å². The molecule has 5 nitrogen and oxygen atoms in total. The first kappa shape index (κ1) is 19.4. The van der Waals surface area contributed by atoms with Crippen LogP contribution in [-0.4, -0.2) is 38.4 Å². The number of hydrogen-bond acceptors (Lipinski definition) is 6. The van der Waals surface area contributed by atoms with Crippen LogP contribution in [-0.2, 0) is 0 Å². The lowest BCUT2D eigenvalue weighted by atomic mass is 10.0. The number of benzene rings is 1. The van der Waals surface area contributed by atoms with Crippen LogP contribution >= 0.6 is 39.9 Å². The molecule has 0 aliphatic carbocycles. The van der Waals surface area contributed by atoms with E-state index in [0.717, 1.165) is 25.9 Å². The van der Waals surface area contributed by atoms with Crippen LogP contribution < -0.4 is 5.63 Å². The molecule has 1 unspecified atom stereocenters. The number of fused-ring (bicyclic) bond motifs is 1. The number of aromatic hydroxyl groups is 1. The highest BCUT2D eigenvalue weighted by Gasteiger charge is 2.27. The van der Waals surface area contributed by atoms with Gasteiger partial charge in [-0.05, 0) is 60.3 Å². The molecule has 0 radical (unpaired) electrons. The van der Waals surface area contributed by atoms with Crippen LogP contribution in [0.1, 0.15) is 35.7 Å². The number of hydrogen-bond donors (Lipinski definition) is 1. The first-order chi connectivity index (χ1) is 12.3. The molecule has 1 aliphatic heterocycles. The van der Waals surface area contributed by atoms with Gasteiger partial charge < -0.3 is 14.4 Å². The number of phenols is 1. The van der Waals surface area contributed by atoms with Crippen LogP contribution in [0.5, 0.6) is 5.75 Å². The number of phenolic OH excluding ortho intramolecular Hbond substituents is 1. The van der Waals surface area contributed by atoms with Gasteiger partial charge >= 0.3 is 5.63 Å². The predicted molar refractivity (Wildman–Crippen MR) is 111 cm³/mol. The first-order valence-electron chi connectivity index (χ1n) is 8.26. The van der Waals surface area contributed by atoms with Crippen LogP contribution in [0.15, 0.2) is 25.8 Å². The highest BCUT2D eigenvalue weighted by molar-refractivity contribution is 9.10. The molecule has 8 heteroatoms. The third-order valence-electron chi connectivity index (χ3n) is 4.50. The van der Waals surface area contributed by atoms with Gasteiger partial charge in [0.2, 0.25) is 0 Å². The van der Waals surface area contributed by atoms with Crippen molar-refractivity contribution in [3.63, 3.8) is 0 Å². The Kier molecular flexibility index (Phi) is 5.74. The molecule has 1 saturated heterocycles. The summed E-state index contributed by atoms with van der Waals surface area (Å²) < 4.78 is 6.32. The Morgan fingerprint density at radius 1 is 1.38 bits per heavy atom. The molecule has 138 valence electrons. The molecule has 1 fully saturated rings. The van der Waals surface area contributed by atoms with Crippen molar-refractivity contribution in [3.05, 3.63) is 38.2 Å². The number of aryl methyl sites for hydroxylation is 1. The summed E-state index contributed by atoms with van der Waals surface area (Å²) in [6, 6.07) is 3.09. The number of halogens is 1. The summed E-state index contributed by atoms with van der Waals surface area (Å²) in [7, 11) is 0. The maximum absolute atomic E-state index is 13.0. The molecular formula is C18H18BrNO4S2. The predicted octanol–water partition coefficient (Wildman–Crippen LogP) is 4.25. The number of Topliss-reactive ketones (excluding diaryl/α,β-unsaturated/α-hetero) is 1. The Morgan fingerprint density at radius 2 is 2.04 bits per heavy atom. The van der Waals surface area contributed by atoms with E-state index in [1.165, 1.54) is 17.8 Å². The van der Waals surface area contributed by atoms with E-state index >= 15 is 0 Å². The van der Waals surface area contributed by atoms with E-state index in [1.807, 2.05) is 0 Å². The molecule has 1 atom stereocenters. The van der Waals surface area contributed by atoms with E-state index < -0.39 is 10.9 Å². The lowest BCUT2D eigenvalue weighted by Crippen LogP contribution is -2.27. The van der Waals surface area contributed by atoms with Gasteiger partial charge in [0, 0.05) is 18.5 Å². The van der Waals surface area contributed by atoms with E-state index in [-0.39, 0.29) is 22.7 Å². The van der Waals surface area contributed by atoms with Crippen molar-refractivity contribution >= 4 is 61.0 Å². The number of carbonyl (C=O) groups is 1. The Balaban J connectivity index is 1.98. The third-order valence-corrected chi connectivity index (χ3v) is 6.99. The summed E-state index contributed by atoms with van der Waals surface area (Å²) in [5, 5.41) is 10.4. The van der Waals surface area contributed by atoms with Crippen molar-refractivity contribution in [2.24, 2.45) is 0 Å². The number of carbonyl (C=O) groups excluding carboxylic acids is 1. The summed E-state index contributed by atoms with van der Waals surface area (Å²) in [5.41, 5.74) is 0.223. The zero-order valence-corrected chi connectivity index (χ0v) is 17.6. The Hall–Kier alpha value is -1.38. The number of rotatable bonds is 3. The van der Waals surface area contributed by atoms with Crippen molar-refractivity contribution in [2.75, 3.05) is 13.1 Å². The van der Waals surface area contributed by atoms with E-state index in [4.69, 9.17) is 16.6 Å². The summed E-state index contributed by atoms with van der Waals surface area (Å²) in [6.07, 6.45) is 2.21. The SMILES string of the molecule is Cc1c(Br)c(=O)oc2c(C(=O)C(C)SC(=S)N3CCCC3)c(O)ccc12. The average Bonchev–Trinajstić information content (AvgIpc) is 3.14. The van der Waals surface area contributed by atoms with Crippen molar-refractivity contribution in [3.8, 4) is 5.75 Å². The summed E-state index contributed by atoms with van der Waals surface area (Å²) in [5.74, 6) is -0.517. The fourth-order valence-electron chi connectivity index (χ4n) is 3.00. The van der Waals surface area contributed by atoms with Gasteiger partial charge in [-0.1, -0.05) is 24.0 Å². The van der Waals surface area contributed by atoms with Crippen molar-refractivity contribution in [1.82, 2.24) is 4.90 Å². The summed E-state index contributed by atoms with van der Waals surface area (Å²) >= 11 is 9.94. The summed E-state index contributed by atoms with van der Waals surface area (Å²) in [6.45, 7) is 5.33. The third kappa shape index (κ3) is 3.54. The van der Waals surface area contributed by atoms with Gasteiger partial charge in [-0.2, -0.15) is 0 Å². The van der Waals surface area contributed by atoms with E-state index in [0.29, 0.717) is 19.7 Å². The number of likely N-dealkylation sites (tertiary alicyclic amines) is 1. The maximum Gasteiger partial charge on any atom is 0.350 e. The molecular weight excluding hydrogens is 438 g/mol. The lowest BCUT2D eigenvalue weighted by Gasteiger charge is -2.20. The zero-order chi connectivity index (χ0) is 19.0. The molecule has 0 bridgehead atoms. The minimum absolute atomic E-state index is 0.0272. The Bertz CT molecular complexity index is 950. The molecule has 26 heavy (non-hydrogen) atoms. The smallest absolute Gasteiger partial charge is 0.350 e. The maximum atomic E-state index is 13.0. The largest absolute Gasteiger partial charge is 0.507 e. The van der Waals surface area contributed by atoms with Crippen molar-refractivity contribution in [1.29, 1.82) is 0 Å². The number of thioether (sulfide) groups is 1. The molecule has 1 N–H and O–H groups in total. The second kappa shape index (κ2) is 7.70. The molecule has 0 amide bonds. The Morgan fingerprint density at radius 3 is 2.69 bits per heavy atom. The van der Waals surface area contributed by atoms with E-state index in [2.05, 4.69) is 20.8 Å². The van der Waals surface area contributed by atoms with Crippen LogP contribution in [0.3, 0.4) is 0 Å². The molecule has 1 aromatic carbocycles. The topological polar surface area (TPSA) is 70.8 Å². The quantitative estimate of drug-likeness (QED) is 0.421. The van der Waals surface area contributed by atoms with Crippen LogP contribution in [0.25, 0.3) is 11.0 Å². The first-order valence-corrected chi connectivity index (χ1v) is 10.3. The Labute approximate surface area is 168 Å². The normalized spacial score (nSPS) is 15.4. The molecule has 2 aromatic rings. The van der Waals surface area contributed by atoms with E-state index in [1.54, 1.807) is 19.9 Å². The van der Waals surface area contributed by atoms with E-state index in [9.17, 15) is 14.7 Å². The molecule has 1 aromatic heterocycles. The van der Waals surface area contributed by atoms with Gasteiger partial charge in [-0.25, -0.2) is 4.79 Å². The van der Waals surface area contributed by atoms with Gasteiger partial charge in [-0.15, -0.1) is 0 Å². The fraction of sp³-hybridized carbons (Fsp3) is 0.389. The molecule has 0 saturated carbocycles. The monoisotopic (exact) mass is 455 g/mol. The number of ketones is 1. The van der Waals surface area contributed by atoms with Crippen LogP contribution in [0.4, 0.5) is 0 Å². The second-order valence-electron chi connectivity index (χ2n) is 6.25. The number of thiocarbonyl (C=S) groups is 1. The van der Waals surface area contributed by atoms with Gasteiger partial charge in [0.15, 0.2) is 11.4 Å². The minimum atomic E-state index is -0.581. The zero-order valence-electron chi connectivity index (χ0n) is 14.4. The van der Waals surface area contributed by atoms with Gasteiger partial charge in [0.05, 0.1) is 5.25 Å². The summed E-state index contributed by atoms with van der Waals surface area (Å²) in [4.78, 5) is 27.1. The average molecular weight is 456 g/mol. The highest BCUT2D eigenvalue weighted by Crippen LogP contribution is 2.33. The molecule has 0 spiro atoms. The van der Waals surface area contributed by atoms with Gasteiger partial charge in [-0.3, -0.25) is 4.79 Å². The fourth-order valence-corrected chi connectivity index (χ4v) is 4.77. The highest BCUT2D eigenvalue weighted by atomic mass is 79.9. The molecule has 2 heterocycles. The van der Waals surface area contributed by atoms with Crippen LogP contribution in [0.2, 0.25) is 0 Å². The van der Waals surface area contributed by atoms with Gasteiger partial charge in [0.1, 0.15) is 20.1 Å². The van der Waals surface area contributed by atoms with Gasteiger partial charge in [0.25, 0.3) is 0 Å². The molecule has 3 rings (SSSR count). The lowest BCUT2D eigenvalue weighted by molar-refractivity contribution is 0.0992.